The summed E-state index contributed by atoms with van der Waals surface area (Å²) in [5.74, 6) is -0.297. The van der Waals surface area contributed by atoms with Gasteiger partial charge in [0.15, 0.2) is 11.6 Å². The average molecular weight is 591 g/mol. The molecule has 0 atom stereocenters. The number of fused-ring (bicyclic) bond motifs is 8. The van der Waals surface area contributed by atoms with Gasteiger partial charge < -0.3 is 9.97 Å². The van der Waals surface area contributed by atoms with Crippen molar-refractivity contribution in [3.05, 3.63) is 68.8 Å². The summed E-state index contributed by atoms with van der Waals surface area (Å²) in [6, 6.07) is 6.07. The van der Waals surface area contributed by atoms with E-state index in [9.17, 15) is 9.59 Å². The van der Waals surface area contributed by atoms with Gasteiger partial charge in [-0.3, -0.25) is 9.59 Å². The Bertz CT molecular complexity index is 1850. The number of carbonyl (C=O) groups is 2. The van der Waals surface area contributed by atoms with Gasteiger partial charge in [-0.2, -0.15) is 0 Å². The van der Waals surface area contributed by atoms with Crippen LogP contribution in [0.3, 0.4) is 0 Å². The van der Waals surface area contributed by atoms with E-state index in [-0.39, 0.29) is 28.1 Å². The third-order valence-corrected chi connectivity index (χ3v) is 8.42. The summed E-state index contributed by atoms with van der Waals surface area (Å²) in [5.41, 5.74) is 14.1. The molecule has 7 heteroatoms. The van der Waals surface area contributed by atoms with Gasteiger partial charge >= 0.3 is 16.5 Å². The zero-order valence-electron chi connectivity index (χ0n) is 25.3. The number of nitrogens with zero attached hydrogens (tertiary/aromatic N) is 4. The maximum Gasteiger partial charge on any atom is 2.00 e. The van der Waals surface area contributed by atoms with Gasteiger partial charge in [0.1, 0.15) is 0 Å². The number of aromatic nitrogens is 4. The van der Waals surface area contributed by atoms with E-state index >= 15 is 0 Å². The predicted octanol–water partition coefficient (Wildman–Crippen LogP) is 7.84. The van der Waals surface area contributed by atoms with E-state index in [2.05, 4.69) is 40.7 Å². The normalized spacial score (nSPS) is 13.1. The van der Waals surface area contributed by atoms with Gasteiger partial charge in [-0.25, -0.2) is 9.97 Å². The van der Waals surface area contributed by atoms with Crippen molar-refractivity contribution >= 4 is 55.9 Å². The maximum atomic E-state index is 13.3. The smallest absolute Gasteiger partial charge is 0.657 e. The molecule has 0 saturated heterocycles. The molecule has 0 spiro atoms. The molecule has 41 heavy (non-hydrogen) atoms. The van der Waals surface area contributed by atoms with Gasteiger partial charge in [-0.15, -0.1) is 22.1 Å². The first-order valence-corrected chi connectivity index (χ1v) is 14.1. The van der Waals surface area contributed by atoms with Crippen molar-refractivity contribution in [2.45, 2.75) is 81.6 Å². The molecule has 0 aliphatic carbocycles. The molecule has 214 valence electrons. The molecule has 2 aliphatic heterocycles. The second kappa shape index (κ2) is 11.4. The van der Waals surface area contributed by atoms with Crippen molar-refractivity contribution in [3.63, 3.8) is 0 Å². The summed E-state index contributed by atoms with van der Waals surface area (Å²) in [7, 11) is 0. The van der Waals surface area contributed by atoms with Crippen LogP contribution in [0.5, 0.6) is 0 Å². The summed E-state index contributed by atoms with van der Waals surface area (Å²) in [5, 5.41) is 0. The zero-order valence-corrected chi connectivity index (χ0v) is 26.3. The molecule has 3 aromatic heterocycles. The summed E-state index contributed by atoms with van der Waals surface area (Å²) in [4.78, 5) is 46.4. The van der Waals surface area contributed by atoms with Crippen molar-refractivity contribution in [2.75, 3.05) is 0 Å². The fourth-order valence-corrected chi connectivity index (χ4v) is 6.20. The fourth-order valence-electron chi connectivity index (χ4n) is 6.20. The summed E-state index contributed by atoms with van der Waals surface area (Å²) >= 11 is 0. The molecule has 6 nitrogen and oxygen atoms in total. The van der Waals surface area contributed by atoms with Gasteiger partial charge in [-0.1, -0.05) is 55.7 Å². The number of hydrogen-bond acceptors (Lipinski definition) is 4. The van der Waals surface area contributed by atoms with Crippen molar-refractivity contribution in [2.24, 2.45) is 0 Å². The van der Waals surface area contributed by atoms with Crippen LogP contribution >= 0.6 is 0 Å². The van der Waals surface area contributed by atoms with Crippen LogP contribution in [0.4, 0.5) is 0 Å². The van der Waals surface area contributed by atoms with Crippen LogP contribution in [-0.2, 0) is 22.9 Å². The second-order valence-electron chi connectivity index (χ2n) is 10.7. The third-order valence-electron chi connectivity index (χ3n) is 8.42. The predicted molar refractivity (Wildman–Crippen MR) is 163 cm³/mol. The number of rotatable bonds is 5. The SMILES string of the molecule is CCC1=C(C)c2cc3[n-]c(cc4nc(c(C(C)=O)c5[n-]c(cc1n2)c(C)c5C(C)=O)C(CC)=C4C)c(C)c3CC.[Ni+2]. The Morgan fingerprint density at radius 3 is 1.78 bits per heavy atom. The largest absolute Gasteiger partial charge is 2.00 e. The van der Waals surface area contributed by atoms with Gasteiger partial charge in [0.2, 0.25) is 0 Å². The van der Waals surface area contributed by atoms with Crippen molar-refractivity contribution in [1.29, 1.82) is 0 Å². The minimum atomic E-state index is -0.169. The molecule has 0 N–H and O–H groups in total. The zero-order chi connectivity index (χ0) is 29.0. The molecule has 0 fully saturated rings. The van der Waals surface area contributed by atoms with E-state index in [1.54, 1.807) is 0 Å². The van der Waals surface area contributed by atoms with E-state index in [1.165, 1.54) is 19.4 Å². The summed E-state index contributed by atoms with van der Waals surface area (Å²) in [6.45, 7) is 17.5. The van der Waals surface area contributed by atoms with Crippen LogP contribution in [0.15, 0.2) is 18.2 Å². The minimum absolute atomic E-state index is 0. The Balaban J connectivity index is 0.00000387. The number of Topliss-reactive ketones (excluding diaryl/α,β-unsaturated/α-hetero) is 2. The Morgan fingerprint density at radius 1 is 0.659 bits per heavy atom. The first kappa shape index (κ1) is 30.4. The molecular weight excluding hydrogens is 555 g/mol. The average Bonchev–Trinajstić information content (AvgIpc) is 3.57. The number of hydrogen-bond donors (Lipinski definition) is 0. The van der Waals surface area contributed by atoms with Crippen LogP contribution in [0, 0.1) is 13.8 Å². The second-order valence-corrected chi connectivity index (χ2v) is 10.7. The molecule has 5 heterocycles. The van der Waals surface area contributed by atoms with E-state index in [4.69, 9.17) is 19.9 Å². The van der Waals surface area contributed by atoms with E-state index in [0.717, 1.165) is 74.4 Å². The molecule has 5 rings (SSSR count). The number of allylic oxidation sites excluding steroid dienone is 4. The van der Waals surface area contributed by atoms with Gasteiger partial charge in [-0.05, 0) is 83.1 Å². The Hall–Kier alpha value is -3.57. The molecule has 3 aromatic rings. The molecule has 0 radical (unpaired) electrons. The number of carbonyl (C=O) groups excluding carboxylic acids is 2. The van der Waals surface area contributed by atoms with Crippen LogP contribution in [-0.4, -0.2) is 21.5 Å². The maximum absolute atomic E-state index is 13.3. The monoisotopic (exact) mass is 590 g/mol. The third kappa shape index (κ3) is 4.84. The van der Waals surface area contributed by atoms with Crippen LogP contribution < -0.4 is 9.97 Å². The fraction of sp³-hybridized carbons (Fsp3) is 0.353. The molecule has 0 unspecified atom stereocenters. The van der Waals surface area contributed by atoms with Crippen molar-refractivity contribution < 1.29 is 26.1 Å². The molecule has 0 saturated carbocycles. The quantitative estimate of drug-likeness (QED) is 0.222. The topological polar surface area (TPSA) is 88.1 Å². The Labute approximate surface area is 251 Å². The number of ketones is 2. The first-order chi connectivity index (χ1) is 19.0. The molecular formula is C34H36N4NiO2. The van der Waals surface area contributed by atoms with Crippen molar-refractivity contribution in [3.8, 4) is 0 Å². The van der Waals surface area contributed by atoms with Gasteiger partial charge in [0.25, 0.3) is 0 Å². The molecule has 0 amide bonds. The molecule has 0 aromatic carbocycles. The standard InChI is InChI=1S/C34H38N4O2.Ni/c1-10-22-16(4)25-13-27-18(6)24(12-3)33(37-27)32(21(9)40)34-31(20(8)39)19(7)28(38-34)15-30-23(11-2)17(5)26(36-30)14-29(22)35-25;/h13-15H,10-12H2,1-9H3,(H2,35,36,37,38,39,40);/q;+2/p-2. The molecule has 8 bridgehead atoms. The van der Waals surface area contributed by atoms with Gasteiger partial charge in [0.05, 0.1) is 22.8 Å². The molecule has 2 aliphatic rings. The van der Waals surface area contributed by atoms with Gasteiger partial charge in [0, 0.05) is 11.1 Å². The van der Waals surface area contributed by atoms with Crippen LogP contribution in [0.1, 0.15) is 121 Å². The van der Waals surface area contributed by atoms with E-state index in [1.807, 2.05) is 26.0 Å². The number of aryl methyl sites for hydroxylation is 3. The van der Waals surface area contributed by atoms with Crippen LogP contribution in [0.25, 0.3) is 44.4 Å². The summed E-state index contributed by atoms with van der Waals surface area (Å²) < 4.78 is 0. The van der Waals surface area contributed by atoms with E-state index in [0.29, 0.717) is 34.3 Å². The summed E-state index contributed by atoms with van der Waals surface area (Å²) in [6.07, 6.45) is 2.35. The Kier molecular flexibility index (Phi) is 8.43. The van der Waals surface area contributed by atoms with Crippen molar-refractivity contribution in [1.82, 2.24) is 19.9 Å². The first-order valence-electron chi connectivity index (χ1n) is 14.1. The Morgan fingerprint density at radius 2 is 1.20 bits per heavy atom. The van der Waals surface area contributed by atoms with Crippen LogP contribution in [0.2, 0.25) is 0 Å². The van der Waals surface area contributed by atoms with E-state index < -0.39 is 0 Å². The minimum Gasteiger partial charge on any atom is -0.657 e.